The summed E-state index contributed by atoms with van der Waals surface area (Å²) in [5.41, 5.74) is 2.40. The number of aryl methyl sites for hydroxylation is 1. The first-order chi connectivity index (χ1) is 12.7. The van der Waals surface area contributed by atoms with Crippen molar-refractivity contribution in [1.82, 2.24) is 0 Å². The van der Waals surface area contributed by atoms with Crippen LogP contribution in [0.5, 0.6) is 5.75 Å². The van der Waals surface area contributed by atoms with Crippen molar-refractivity contribution in [3.63, 3.8) is 0 Å². The van der Waals surface area contributed by atoms with Crippen molar-refractivity contribution in [3.8, 4) is 5.75 Å². The Hall–Kier alpha value is -2.26. The molecule has 0 atom stereocenters. The van der Waals surface area contributed by atoms with E-state index in [0.717, 1.165) is 37.0 Å². The minimum absolute atomic E-state index is 0.159. The number of ether oxygens (including phenoxy) is 1. The van der Waals surface area contributed by atoms with E-state index in [0.29, 0.717) is 0 Å². The molecule has 1 aliphatic carbocycles. The van der Waals surface area contributed by atoms with Crippen LogP contribution < -0.4 is 4.74 Å². The van der Waals surface area contributed by atoms with Gasteiger partial charge in [-0.3, -0.25) is 0 Å². The highest BCUT2D eigenvalue weighted by atomic mass is 32.2. The zero-order valence-electron chi connectivity index (χ0n) is 15.0. The molecule has 1 aliphatic heterocycles. The van der Waals surface area contributed by atoms with Crippen LogP contribution in [-0.4, -0.2) is 7.11 Å². The summed E-state index contributed by atoms with van der Waals surface area (Å²) in [6, 6.07) is 6.29. The second-order valence-electron chi connectivity index (χ2n) is 6.14. The molecule has 0 amide bonds. The molecule has 0 bridgehead atoms. The molecule has 1 aromatic rings. The van der Waals surface area contributed by atoms with E-state index < -0.39 is 0 Å². The van der Waals surface area contributed by atoms with Gasteiger partial charge < -0.3 is 4.74 Å². The van der Waals surface area contributed by atoms with Crippen LogP contribution in [0.2, 0.25) is 0 Å². The van der Waals surface area contributed by atoms with Gasteiger partial charge in [-0.15, -0.1) is 0 Å². The number of halogens is 1. The fourth-order valence-corrected chi connectivity index (χ4v) is 3.91. The van der Waals surface area contributed by atoms with Gasteiger partial charge in [0.2, 0.25) is 0 Å². The molecule has 3 rings (SSSR count). The molecule has 134 valence electrons. The van der Waals surface area contributed by atoms with Gasteiger partial charge in [0.05, 0.1) is 7.11 Å². The van der Waals surface area contributed by atoms with E-state index in [1.165, 1.54) is 21.4 Å². The van der Waals surface area contributed by atoms with Gasteiger partial charge in [-0.05, 0) is 67.2 Å². The summed E-state index contributed by atoms with van der Waals surface area (Å²) in [5, 5.41) is 0. The van der Waals surface area contributed by atoms with E-state index in [1.54, 1.807) is 24.9 Å². The SMILES string of the molecule is COc1ccc2c(c1)SC(/C=C/C=C/C1=C/CCC=C(F)/C=C\1)=CCC2. The van der Waals surface area contributed by atoms with E-state index in [1.807, 2.05) is 30.4 Å². The Balaban J connectivity index is 1.65. The third-order valence-corrected chi connectivity index (χ3v) is 5.38. The lowest BCUT2D eigenvalue weighted by atomic mass is 10.1. The van der Waals surface area contributed by atoms with Gasteiger partial charge in [-0.2, -0.15) is 0 Å². The van der Waals surface area contributed by atoms with Crippen molar-refractivity contribution >= 4 is 11.8 Å². The van der Waals surface area contributed by atoms with E-state index in [9.17, 15) is 4.39 Å². The van der Waals surface area contributed by atoms with Crippen molar-refractivity contribution in [2.45, 2.75) is 30.6 Å². The first-order valence-corrected chi connectivity index (χ1v) is 9.70. The predicted octanol–water partition coefficient (Wildman–Crippen LogP) is 6.86. The third kappa shape index (κ3) is 5.37. The van der Waals surface area contributed by atoms with Crippen molar-refractivity contribution in [3.05, 3.63) is 94.8 Å². The molecule has 2 aliphatic rings. The highest BCUT2D eigenvalue weighted by Gasteiger charge is 2.10. The van der Waals surface area contributed by atoms with Crippen LogP contribution in [0.1, 0.15) is 24.8 Å². The Labute approximate surface area is 159 Å². The summed E-state index contributed by atoms with van der Waals surface area (Å²) in [5.74, 6) is 0.735. The second-order valence-corrected chi connectivity index (χ2v) is 7.26. The molecule has 0 radical (unpaired) electrons. The highest BCUT2D eigenvalue weighted by Crippen LogP contribution is 2.36. The number of thioether (sulfide) groups is 1. The standard InChI is InChI=1S/C23H23FOS/c1-25-21-16-14-19-9-6-12-22(26-23(19)17-21)11-5-3-8-18-7-2-4-10-20(24)15-13-18/h3,5,7-8,10-17H,2,4,6,9H2,1H3/b8-3+,11-5+,15-13-,18-7-,20-10?. The lowest BCUT2D eigenvalue weighted by molar-refractivity contribution is 0.413. The molecule has 0 saturated heterocycles. The zero-order chi connectivity index (χ0) is 18.2. The van der Waals surface area contributed by atoms with Gasteiger partial charge in [0.1, 0.15) is 11.6 Å². The van der Waals surface area contributed by atoms with Crippen molar-refractivity contribution in [1.29, 1.82) is 0 Å². The van der Waals surface area contributed by atoms with E-state index in [4.69, 9.17) is 4.74 Å². The maximum Gasteiger partial charge on any atom is 0.120 e. The van der Waals surface area contributed by atoms with Gasteiger partial charge in [-0.25, -0.2) is 4.39 Å². The molecule has 1 heterocycles. The number of hydrogen-bond acceptors (Lipinski definition) is 2. The number of benzene rings is 1. The molecule has 26 heavy (non-hydrogen) atoms. The van der Waals surface area contributed by atoms with E-state index in [-0.39, 0.29) is 5.83 Å². The van der Waals surface area contributed by atoms with E-state index >= 15 is 0 Å². The van der Waals surface area contributed by atoms with Crippen LogP contribution in [-0.2, 0) is 6.42 Å². The maximum absolute atomic E-state index is 13.3. The fraction of sp³-hybridized carbons (Fsp3) is 0.217. The van der Waals surface area contributed by atoms with Gasteiger partial charge in [0, 0.05) is 9.80 Å². The zero-order valence-corrected chi connectivity index (χ0v) is 15.8. The Kier molecular flexibility index (Phi) is 6.73. The molecule has 0 saturated carbocycles. The first kappa shape index (κ1) is 18.5. The van der Waals surface area contributed by atoms with Gasteiger partial charge in [0.25, 0.3) is 0 Å². The molecular formula is C23H23FOS. The van der Waals surface area contributed by atoms with Crippen LogP contribution in [0.15, 0.2) is 94.1 Å². The van der Waals surface area contributed by atoms with Gasteiger partial charge in [-0.1, -0.05) is 54.3 Å². The monoisotopic (exact) mass is 366 g/mol. The molecule has 0 N–H and O–H groups in total. The average molecular weight is 367 g/mol. The molecule has 1 aromatic carbocycles. The first-order valence-electron chi connectivity index (χ1n) is 8.88. The van der Waals surface area contributed by atoms with Gasteiger partial charge >= 0.3 is 0 Å². The second kappa shape index (κ2) is 9.44. The predicted molar refractivity (Wildman–Crippen MR) is 109 cm³/mol. The Morgan fingerprint density at radius 1 is 1.00 bits per heavy atom. The highest BCUT2D eigenvalue weighted by molar-refractivity contribution is 8.03. The molecule has 0 aromatic heterocycles. The number of allylic oxidation sites excluding steroid dienone is 11. The van der Waals surface area contributed by atoms with Crippen LogP contribution in [0, 0.1) is 0 Å². The Morgan fingerprint density at radius 2 is 1.85 bits per heavy atom. The smallest absolute Gasteiger partial charge is 0.120 e. The molecule has 0 unspecified atom stereocenters. The number of hydrogen-bond donors (Lipinski definition) is 0. The lowest BCUT2D eigenvalue weighted by Gasteiger charge is -2.08. The van der Waals surface area contributed by atoms with Crippen molar-refractivity contribution in [2.24, 2.45) is 0 Å². The molecule has 3 heteroatoms. The fourth-order valence-electron chi connectivity index (χ4n) is 2.83. The number of fused-ring (bicyclic) bond motifs is 1. The summed E-state index contributed by atoms with van der Waals surface area (Å²) in [4.78, 5) is 2.49. The normalized spacial score (nSPS) is 21.1. The van der Waals surface area contributed by atoms with Crippen LogP contribution in [0.25, 0.3) is 0 Å². The summed E-state index contributed by atoms with van der Waals surface area (Å²) in [6.45, 7) is 0. The minimum Gasteiger partial charge on any atom is -0.497 e. The molecule has 1 nitrogen and oxygen atoms in total. The lowest BCUT2D eigenvalue weighted by Crippen LogP contribution is -1.88. The molecule has 0 spiro atoms. The summed E-state index contributed by atoms with van der Waals surface area (Å²) in [7, 11) is 1.70. The van der Waals surface area contributed by atoms with Crippen LogP contribution in [0.3, 0.4) is 0 Å². The summed E-state index contributed by atoms with van der Waals surface area (Å²) < 4.78 is 18.7. The topological polar surface area (TPSA) is 9.23 Å². The third-order valence-electron chi connectivity index (χ3n) is 4.24. The minimum atomic E-state index is -0.159. The van der Waals surface area contributed by atoms with Crippen LogP contribution >= 0.6 is 11.8 Å². The largest absolute Gasteiger partial charge is 0.497 e. The Morgan fingerprint density at radius 3 is 2.73 bits per heavy atom. The molecule has 0 fully saturated rings. The Bertz CT molecular complexity index is 825. The summed E-state index contributed by atoms with van der Waals surface area (Å²) >= 11 is 1.77. The van der Waals surface area contributed by atoms with Crippen LogP contribution in [0.4, 0.5) is 4.39 Å². The molecular weight excluding hydrogens is 343 g/mol. The number of methoxy groups -OCH3 is 1. The van der Waals surface area contributed by atoms with Crippen molar-refractivity contribution in [2.75, 3.05) is 7.11 Å². The van der Waals surface area contributed by atoms with Gasteiger partial charge in [0.15, 0.2) is 0 Å². The number of rotatable bonds is 4. The maximum atomic E-state index is 13.3. The quantitative estimate of drug-likeness (QED) is 0.538. The van der Waals surface area contributed by atoms with E-state index in [2.05, 4.69) is 30.4 Å². The van der Waals surface area contributed by atoms with Crippen molar-refractivity contribution < 1.29 is 9.13 Å². The summed E-state index contributed by atoms with van der Waals surface area (Å²) in [6.07, 6.45) is 21.3. The average Bonchev–Trinajstić information content (AvgIpc) is 2.84.